The maximum absolute atomic E-state index is 13.0. The monoisotopic (exact) mass is 326 g/mol. The highest BCUT2D eigenvalue weighted by atomic mass is 79.9. The van der Waals surface area contributed by atoms with Crippen molar-refractivity contribution < 1.29 is 4.39 Å². The van der Waals surface area contributed by atoms with Gasteiger partial charge in [0, 0.05) is 9.85 Å². The number of aromatic nitrogens is 2. The Balaban J connectivity index is 2.55. The molecule has 7 heteroatoms. The van der Waals surface area contributed by atoms with E-state index < -0.39 is 5.82 Å². The lowest BCUT2D eigenvalue weighted by atomic mass is 10.4. The predicted octanol–water partition coefficient (Wildman–Crippen LogP) is 4.41. The van der Waals surface area contributed by atoms with Crippen molar-refractivity contribution in [2.45, 2.75) is 0 Å². The van der Waals surface area contributed by atoms with Crippen molar-refractivity contribution in [3.05, 3.63) is 32.0 Å². The first-order valence-corrected chi connectivity index (χ1v) is 6.13. The normalized spacial score (nSPS) is 10.7. The van der Waals surface area contributed by atoms with Gasteiger partial charge in [-0.05, 0) is 22.0 Å². The Bertz CT molecular complexity index is 494. The van der Waals surface area contributed by atoms with Gasteiger partial charge in [-0.25, -0.2) is 14.4 Å². The molecule has 2 aromatic heterocycles. The summed E-state index contributed by atoms with van der Waals surface area (Å²) in [4.78, 5) is 8.37. The van der Waals surface area contributed by atoms with Crippen molar-refractivity contribution >= 4 is 50.5 Å². The summed E-state index contributed by atoms with van der Waals surface area (Å²) in [5.74, 6) is -0.472. The van der Waals surface area contributed by atoms with Gasteiger partial charge in [0.2, 0.25) is 0 Å². The van der Waals surface area contributed by atoms with Crippen LogP contribution < -0.4 is 0 Å². The number of halogens is 4. The average molecular weight is 328 g/mol. The maximum atomic E-state index is 13.0. The summed E-state index contributed by atoms with van der Waals surface area (Å²) in [7, 11) is 0. The summed E-state index contributed by atoms with van der Waals surface area (Å²) in [5.41, 5.74) is 0. The molecule has 0 N–H and O–H groups in total. The van der Waals surface area contributed by atoms with Crippen molar-refractivity contribution in [3.63, 3.8) is 0 Å². The van der Waals surface area contributed by atoms with E-state index in [2.05, 4.69) is 25.9 Å². The molecule has 0 amide bonds. The van der Waals surface area contributed by atoms with E-state index in [1.165, 1.54) is 11.3 Å². The topological polar surface area (TPSA) is 25.8 Å². The Hall–Kier alpha value is -0.230. The zero-order valence-electron chi connectivity index (χ0n) is 6.97. The van der Waals surface area contributed by atoms with Gasteiger partial charge in [-0.1, -0.05) is 23.2 Å². The van der Waals surface area contributed by atoms with E-state index in [0.717, 1.165) is 9.35 Å². The first kappa shape index (κ1) is 11.3. The molecule has 0 aliphatic rings. The van der Waals surface area contributed by atoms with Crippen molar-refractivity contribution in [1.82, 2.24) is 9.97 Å². The third kappa shape index (κ3) is 2.30. The van der Waals surface area contributed by atoms with Gasteiger partial charge in [0.15, 0.2) is 21.9 Å². The largest absolute Gasteiger partial charge is 0.212 e. The molecule has 2 rings (SSSR count). The fourth-order valence-electron chi connectivity index (χ4n) is 0.935. The maximum Gasteiger partial charge on any atom is 0.197 e. The highest BCUT2D eigenvalue weighted by Gasteiger charge is 2.13. The van der Waals surface area contributed by atoms with Gasteiger partial charge in [0.1, 0.15) is 0 Å². The van der Waals surface area contributed by atoms with Gasteiger partial charge in [-0.15, -0.1) is 11.3 Å². The molecule has 15 heavy (non-hydrogen) atoms. The molecule has 0 bridgehead atoms. The highest BCUT2D eigenvalue weighted by molar-refractivity contribution is 9.10. The molecule has 0 saturated carbocycles. The summed E-state index contributed by atoms with van der Waals surface area (Å²) in [6, 6.07) is 1.81. The van der Waals surface area contributed by atoms with Crippen LogP contribution in [0.3, 0.4) is 0 Å². The van der Waals surface area contributed by atoms with Gasteiger partial charge in [-0.3, -0.25) is 0 Å². The van der Waals surface area contributed by atoms with Crippen molar-refractivity contribution in [3.8, 4) is 10.7 Å². The second kappa shape index (κ2) is 4.33. The summed E-state index contributed by atoms with van der Waals surface area (Å²) < 4.78 is 13.9. The number of rotatable bonds is 1. The lowest BCUT2D eigenvalue weighted by Gasteiger charge is -1.99. The minimum atomic E-state index is -0.794. The molecular formula is C8H2BrCl2FN2S. The van der Waals surface area contributed by atoms with Crippen LogP contribution in [0.5, 0.6) is 0 Å². The van der Waals surface area contributed by atoms with Gasteiger partial charge >= 0.3 is 0 Å². The standard InChI is InChI=1S/C8H2BrCl2FN2S/c9-3-1-4(15-2-3)8-13-6(10)5(12)7(11)14-8/h1-2H. The zero-order valence-corrected chi connectivity index (χ0v) is 10.9. The Morgan fingerprint density at radius 2 is 1.87 bits per heavy atom. The quantitative estimate of drug-likeness (QED) is 0.725. The summed E-state index contributed by atoms with van der Waals surface area (Å²) >= 11 is 15.8. The molecule has 0 aliphatic carbocycles. The van der Waals surface area contributed by atoms with Gasteiger partial charge < -0.3 is 0 Å². The number of hydrogen-bond acceptors (Lipinski definition) is 3. The van der Waals surface area contributed by atoms with Crippen LogP contribution in [0, 0.1) is 5.82 Å². The van der Waals surface area contributed by atoms with Gasteiger partial charge in [0.05, 0.1) is 4.88 Å². The van der Waals surface area contributed by atoms with Crippen LogP contribution in [-0.2, 0) is 0 Å². The van der Waals surface area contributed by atoms with E-state index in [4.69, 9.17) is 23.2 Å². The predicted molar refractivity (Wildman–Crippen MR) is 63.0 cm³/mol. The fraction of sp³-hybridized carbons (Fsp3) is 0. The van der Waals surface area contributed by atoms with Crippen molar-refractivity contribution in [1.29, 1.82) is 0 Å². The summed E-state index contributed by atoms with van der Waals surface area (Å²) in [6.45, 7) is 0. The SMILES string of the molecule is Fc1c(Cl)nc(-c2cc(Br)cs2)nc1Cl. The fourth-order valence-corrected chi connectivity index (χ4v) is 2.68. The number of thiophene rings is 1. The highest BCUT2D eigenvalue weighted by Crippen LogP contribution is 2.30. The van der Waals surface area contributed by atoms with Crippen molar-refractivity contribution in [2.75, 3.05) is 0 Å². The molecule has 0 saturated heterocycles. The first-order chi connectivity index (χ1) is 7.08. The minimum Gasteiger partial charge on any atom is -0.212 e. The number of hydrogen-bond donors (Lipinski definition) is 0. The van der Waals surface area contributed by atoms with Crippen molar-refractivity contribution in [2.24, 2.45) is 0 Å². The van der Waals surface area contributed by atoms with Crippen LogP contribution in [0.1, 0.15) is 0 Å². The van der Waals surface area contributed by atoms with Crippen LogP contribution in [0.2, 0.25) is 10.3 Å². The van der Waals surface area contributed by atoms with Crippen LogP contribution in [0.25, 0.3) is 10.7 Å². The summed E-state index contributed by atoms with van der Waals surface area (Å²) in [5, 5.41) is 1.33. The second-order valence-corrected chi connectivity index (χ2v) is 5.11. The second-order valence-electron chi connectivity index (χ2n) is 2.57. The molecule has 0 aliphatic heterocycles. The molecule has 78 valence electrons. The van der Waals surface area contributed by atoms with Crippen LogP contribution in [0.15, 0.2) is 15.9 Å². The minimum absolute atomic E-state index is 0.269. The smallest absolute Gasteiger partial charge is 0.197 e. The van der Waals surface area contributed by atoms with Gasteiger partial charge in [-0.2, -0.15) is 0 Å². The van der Waals surface area contributed by atoms with Gasteiger partial charge in [0.25, 0.3) is 0 Å². The third-order valence-electron chi connectivity index (χ3n) is 1.56. The van der Waals surface area contributed by atoms with Crippen LogP contribution >= 0.6 is 50.5 Å². The molecule has 0 spiro atoms. The van der Waals surface area contributed by atoms with E-state index in [1.54, 1.807) is 0 Å². The molecule has 0 unspecified atom stereocenters. The van der Waals surface area contributed by atoms with E-state index in [1.807, 2.05) is 11.4 Å². The van der Waals surface area contributed by atoms with Crippen LogP contribution in [0.4, 0.5) is 4.39 Å². The molecule has 2 heterocycles. The molecule has 0 fully saturated rings. The average Bonchev–Trinajstić information content (AvgIpc) is 2.60. The third-order valence-corrected chi connectivity index (χ3v) is 3.75. The molecule has 0 radical (unpaired) electrons. The van der Waals surface area contributed by atoms with E-state index >= 15 is 0 Å². The lowest BCUT2D eigenvalue weighted by Crippen LogP contribution is -1.92. The lowest BCUT2D eigenvalue weighted by molar-refractivity contribution is 0.615. The Labute approximate surface area is 107 Å². The first-order valence-electron chi connectivity index (χ1n) is 3.71. The Kier molecular flexibility index (Phi) is 3.25. The van der Waals surface area contributed by atoms with E-state index in [-0.39, 0.29) is 10.3 Å². The molecule has 2 nitrogen and oxygen atoms in total. The zero-order chi connectivity index (χ0) is 11.0. The van der Waals surface area contributed by atoms with E-state index in [0.29, 0.717) is 5.82 Å². The Morgan fingerprint density at radius 1 is 1.27 bits per heavy atom. The molecule has 0 aromatic carbocycles. The molecular weight excluding hydrogens is 326 g/mol. The van der Waals surface area contributed by atoms with E-state index in [9.17, 15) is 4.39 Å². The molecule has 0 atom stereocenters. The van der Waals surface area contributed by atoms with Crippen LogP contribution in [-0.4, -0.2) is 9.97 Å². The molecule has 2 aromatic rings. The number of nitrogens with zero attached hydrogens (tertiary/aromatic N) is 2. The Morgan fingerprint density at radius 3 is 2.33 bits per heavy atom. The summed E-state index contributed by atoms with van der Waals surface area (Å²) in [6.07, 6.45) is 0.